The summed E-state index contributed by atoms with van der Waals surface area (Å²) in [6.07, 6.45) is -2.10. The molecule has 2 saturated heterocycles. The molecule has 0 aliphatic carbocycles. The number of benzene rings is 1. The number of alkyl halides is 3. The molecule has 2 fully saturated rings. The van der Waals surface area contributed by atoms with E-state index >= 15 is 0 Å². The molecule has 1 aromatic carbocycles. The van der Waals surface area contributed by atoms with Gasteiger partial charge in [0.25, 0.3) is 0 Å². The van der Waals surface area contributed by atoms with Crippen LogP contribution in [0.15, 0.2) is 23.1 Å². The fraction of sp³-hybridized carbons (Fsp3) is 0.571. The van der Waals surface area contributed by atoms with Crippen molar-refractivity contribution in [3.63, 3.8) is 0 Å². The first kappa shape index (κ1) is 17.0. The van der Waals surface area contributed by atoms with E-state index in [-0.39, 0.29) is 30.2 Å². The molecule has 0 saturated carbocycles. The second-order valence-corrected chi connectivity index (χ2v) is 8.25. The summed E-state index contributed by atoms with van der Waals surface area (Å²) in [5.74, 6) is 0. The summed E-state index contributed by atoms with van der Waals surface area (Å²) in [5.41, 5.74) is -1.02. The Bertz CT molecular complexity index is 708. The average molecular weight is 369 g/mol. The van der Waals surface area contributed by atoms with E-state index < -0.39 is 26.7 Å². The zero-order chi connectivity index (χ0) is 16.8. The number of fused-ring (bicyclic) bond motifs is 2. The molecule has 23 heavy (non-hydrogen) atoms. The van der Waals surface area contributed by atoms with Gasteiger partial charge in [0.15, 0.2) is 0 Å². The molecule has 2 aliphatic rings. The number of nitrogens with zero attached hydrogens (tertiary/aromatic N) is 1. The van der Waals surface area contributed by atoms with Crippen LogP contribution in [0.3, 0.4) is 0 Å². The first-order valence-corrected chi connectivity index (χ1v) is 9.12. The highest BCUT2D eigenvalue weighted by molar-refractivity contribution is 7.89. The van der Waals surface area contributed by atoms with E-state index in [1.54, 1.807) is 0 Å². The van der Waals surface area contributed by atoms with Crippen LogP contribution in [0.4, 0.5) is 13.2 Å². The lowest BCUT2D eigenvalue weighted by Gasteiger charge is -2.24. The van der Waals surface area contributed by atoms with Gasteiger partial charge in [-0.3, -0.25) is 0 Å². The van der Waals surface area contributed by atoms with Crippen molar-refractivity contribution in [2.45, 2.75) is 42.4 Å². The molecule has 9 heteroatoms. The summed E-state index contributed by atoms with van der Waals surface area (Å²) in [7, 11) is -4.06. The van der Waals surface area contributed by atoms with Gasteiger partial charge in [-0.15, -0.1) is 0 Å². The minimum Gasteiger partial charge on any atom is -0.310 e. The summed E-state index contributed by atoms with van der Waals surface area (Å²) in [6.45, 7) is 0.536. The van der Waals surface area contributed by atoms with Crippen LogP contribution in [0, 0.1) is 0 Å². The Hall–Kier alpha value is -0.830. The second-order valence-electron chi connectivity index (χ2n) is 5.93. The van der Waals surface area contributed by atoms with Gasteiger partial charge in [-0.25, -0.2) is 8.42 Å². The van der Waals surface area contributed by atoms with Crippen LogP contribution >= 0.6 is 11.6 Å². The Balaban J connectivity index is 1.96. The van der Waals surface area contributed by atoms with Crippen LogP contribution < -0.4 is 5.32 Å². The number of sulfonamides is 1. The Labute approximate surface area is 137 Å². The standard InChI is InChI=1S/C14H16ClF3N2O2S/c15-12-4-1-9(14(16,17)18)7-13(12)23(21,22)20-6-5-10-2-3-11(8-20)19-10/h1,4,7,10-11,19H,2-3,5-6,8H2. The van der Waals surface area contributed by atoms with Gasteiger partial charge >= 0.3 is 6.18 Å². The lowest BCUT2D eigenvalue weighted by molar-refractivity contribution is -0.137. The van der Waals surface area contributed by atoms with Gasteiger partial charge in [0.05, 0.1) is 10.6 Å². The second kappa shape index (κ2) is 5.91. The lowest BCUT2D eigenvalue weighted by Crippen LogP contribution is -2.39. The quantitative estimate of drug-likeness (QED) is 0.873. The Morgan fingerprint density at radius 2 is 1.87 bits per heavy atom. The minimum atomic E-state index is -4.62. The molecule has 2 unspecified atom stereocenters. The summed E-state index contributed by atoms with van der Waals surface area (Å²) < 4.78 is 65.3. The highest BCUT2D eigenvalue weighted by Gasteiger charge is 2.37. The maximum absolute atomic E-state index is 12.9. The van der Waals surface area contributed by atoms with Gasteiger partial charge in [0.2, 0.25) is 10.0 Å². The largest absolute Gasteiger partial charge is 0.416 e. The summed E-state index contributed by atoms with van der Waals surface area (Å²) in [6, 6.07) is 2.71. The summed E-state index contributed by atoms with van der Waals surface area (Å²) in [4.78, 5) is -0.480. The predicted octanol–water partition coefficient (Wildman–Crippen LogP) is 2.87. The van der Waals surface area contributed by atoms with Crippen LogP contribution in [0.2, 0.25) is 5.02 Å². The van der Waals surface area contributed by atoms with E-state index in [1.165, 1.54) is 4.31 Å². The molecule has 0 spiro atoms. The van der Waals surface area contributed by atoms with Crippen LogP contribution in [-0.4, -0.2) is 37.9 Å². The number of hydrogen-bond acceptors (Lipinski definition) is 3. The van der Waals surface area contributed by atoms with Crippen molar-refractivity contribution < 1.29 is 21.6 Å². The Morgan fingerprint density at radius 1 is 1.17 bits per heavy atom. The Kier molecular flexibility index (Phi) is 4.37. The van der Waals surface area contributed by atoms with E-state index in [1.807, 2.05) is 0 Å². The molecule has 2 heterocycles. The van der Waals surface area contributed by atoms with E-state index in [2.05, 4.69) is 5.32 Å². The maximum atomic E-state index is 12.9. The number of rotatable bonds is 2. The van der Waals surface area contributed by atoms with Crippen molar-refractivity contribution in [3.05, 3.63) is 28.8 Å². The molecule has 2 atom stereocenters. The van der Waals surface area contributed by atoms with Crippen LogP contribution in [0.5, 0.6) is 0 Å². The lowest BCUT2D eigenvalue weighted by atomic mass is 10.1. The predicted molar refractivity (Wildman–Crippen MR) is 79.8 cm³/mol. The van der Waals surface area contributed by atoms with Crippen LogP contribution in [0.25, 0.3) is 0 Å². The number of hydrogen-bond donors (Lipinski definition) is 1. The van der Waals surface area contributed by atoms with Crippen LogP contribution in [0.1, 0.15) is 24.8 Å². The van der Waals surface area contributed by atoms with E-state index in [0.717, 1.165) is 25.0 Å². The fourth-order valence-corrected chi connectivity index (χ4v) is 5.15. The molecule has 2 aliphatic heterocycles. The minimum absolute atomic E-state index is 0.0434. The summed E-state index contributed by atoms with van der Waals surface area (Å²) >= 11 is 5.88. The normalized spacial score (nSPS) is 26.3. The van der Waals surface area contributed by atoms with E-state index in [9.17, 15) is 21.6 Å². The Morgan fingerprint density at radius 3 is 2.57 bits per heavy atom. The number of nitrogens with one attached hydrogen (secondary N) is 1. The zero-order valence-electron chi connectivity index (χ0n) is 12.1. The van der Waals surface area contributed by atoms with Gasteiger partial charge < -0.3 is 5.32 Å². The topological polar surface area (TPSA) is 49.4 Å². The zero-order valence-corrected chi connectivity index (χ0v) is 13.7. The van der Waals surface area contributed by atoms with Crippen molar-refractivity contribution in [2.75, 3.05) is 13.1 Å². The molecule has 4 nitrogen and oxygen atoms in total. The number of halogens is 4. The van der Waals surface area contributed by atoms with Gasteiger partial charge in [-0.2, -0.15) is 17.5 Å². The molecule has 2 bridgehead atoms. The molecule has 3 rings (SSSR count). The monoisotopic (exact) mass is 368 g/mol. The SMILES string of the molecule is O=S(=O)(c1cc(C(F)(F)F)ccc1Cl)N1CCC2CCC(C1)N2. The van der Waals surface area contributed by atoms with Gasteiger partial charge in [0.1, 0.15) is 4.90 Å². The first-order valence-electron chi connectivity index (χ1n) is 7.31. The smallest absolute Gasteiger partial charge is 0.310 e. The molecule has 0 radical (unpaired) electrons. The maximum Gasteiger partial charge on any atom is 0.416 e. The third kappa shape index (κ3) is 3.35. The highest BCUT2D eigenvalue weighted by atomic mass is 35.5. The van der Waals surface area contributed by atoms with Gasteiger partial charge in [0, 0.05) is 25.2 Å². The first-order chi connectivity index (χ1) is 10.7. The van der Waals surface area contributed by atoms with Crippen LogP contribution in [-0.2, 0) is 16.2 Å². The van der Waals surface area contributed by atoms with Crippen molar-refractivity contribution in [1.82, 2.24) is 9.62 Å². The average Bonchev–Trinajstić information content (AvgIpc) is 2.76. The molecule has 0 amide bonds. The fourth-order valence-electron chi connectivity index (χ4n) is 3.15. The van der Waals surface area contributed by atoms with E-state index in [0.29, 0.717) is 12.5 Å². The van der Waals surface area contributed by atoms with Crippen molar-refractivity contribution in [2.24, 2.45) is 0 Å². The van der Waals surface area contributed by atoms with Crippen molar-refractivity contribution in [3.8, 4) is 0 Å². The third-order valence-corrected chi connectivity index (χ3v) is 6.71. The molecular weight excluding hydrogens is 353 g/mol. The van der Waals surface area contributed by atoms with Gasteiger partial charge in [-0.1, -0.05) is 11.6 Å². The molecular formula is C14H16ClF3N2O2S. The van der Waals surface area contributed by atoms with Crippen molar-refractivity contribution >= 4 is 21.6 Å². The molecule has 1 N–H and O–H groups in total. The molecule has 128 valence electrons. The third-order valence-electron chi connectivity index (χ3n) is 4.36. The highest BCUT2D eigenvalue weighted by Crippen LogP contribution is 2.35. The van der Waals surface area contributed by atoms with Crippen molar-refractivity contribution in [1.29, 1.82) is 0 Å². The molecule has 1 aromatic rings. The van der Waals surface area contributed by atoms with E-state index in [4.69, 9.17) is 11.6 Å². The molecule has 0 aromatic heterocycles. The summed E-state index contributed by atoms with van der Waals surface area (Å²) in [5, 5.41) is 3.14. The van der Waals surface area contributed by atoms with Gasteiger partial charge in [-0.05, 0) is 37.5 Å².